The number of carbonyl (C=O) groups is 2. The van der Waals surface area contributed by atoms with Gasteiger partial charge in [-0.15, -0.1) is 0 Å². The van der Waals surface area contributed by atoms with Crippen LogP contribution in [0.3, 0.4) is 0 Å². The van der Waals surface area contributed by atoms with E-state index in [1.54, 1.807) is 6.92 Å². The summed E-state index contributed by atoms with van der Waals surface area (Å²) >= 11 is 0. The number of benzene rings is 2. The highest BCUT2D eigenvalue weighted by Gasteiger charge is 2.22. The number of esters is 1. The minimum absolute atomic E-state index is 0.0803. The number of ether oxygens (including phenoxy) is 1. The molecule has 2 N–H and O–H groups in total. The van der Waals surface area contributed by atoms with Crippen LogP contribution in [0, 0.1) is 18.6 Å². The molecule has 0 fully saturated rings. The number of furan rings is 1. The van der Waals surface area contributed by atoms with Crippen molar-refractivity contribution in [2.45, 2.75) is 13.0 Å². The van der Waals surface area contributed by atoms with Gasteiger partial charge in [-0.3, -0.25) is 4.79 Å². The van der Waals surface area contributed by atoms with Gasteiger partial charge >= 0.3 is 5.97 Å². The number of carbonyl (C=O) groups excluding carboxylic acids is 2. The van der Waals surface area contributed by atoms with Gasteiger partial charge in [-0.05, 0) is 48.9 Å². The van der Waals surface area contributed by atoms with Crippen LogP contribution in [0.2, 0.25) is 0 Å². The Labute approximate surface area is 165 Å². The first-order chi connectivity index (χ1) is 13.9. The predicted molar refractivity (Wildman–Crippen MR) is 103 cm³/mol. The van der Waals surface area contributed by atoms with Crippen molar-refractivity contribution in [1.29, 1.82) is 0 Å². The van der Waals surface area contributed by atoms with E-state index in [2.05, 4.69) is 10.6 Å². The quantitative estimate of drug-likeness (QED) is 0.598. The van der Waals surface area contributed by atoms with E-state index in [1.165, 1.54) is 55.8 Å². The fraction of sp³-hybridized carbons (Fsp3) is 0.143. The van der Waals surface area contributed by atoms with E-state index >= 15 is 0 Å². The Kier molecular flexibility index (Phi) is 5.92. The fourth-order valence-corrected chi connectivity index (χ4v) is 2.74. The third-order valence-corrected chi connectivity index (χ3v) is 4.27. The number of halogens is 2. The minimum Gasteiger partial charge on any atom is -0.469 e. The lowest BCUT2D eigenvalue weighted by Crippen LogP contribution is -2.22. The van der Waals surface area contributed by atoms with Crippen LogP contribution in [0.15, 0.2) is 59.2 Å². The van der Waals surface area contributed by atoms with Gasteiger partial charge in [0.1, 0.15) is 17.4 Å². The second kappa shape index (κ2) is 8.55. The lowest BCUT2D eigenvalue weighted by atomic mass is 10.1. The summed E-state index contributed by atoms with van der Waals surface area (Å²) in [5.41, 5.74) is 1.01. The fourth-order valence-electron chi connectivity index (χ4n) is 2.74. The maximum atomic E-state index is 14.2. The van der Waals surface area contributed by atoms with Crippen molar-refractivity contribution in [1.82, 2.24) is 0 Å². The van der Waals surface area contributed by atoms with Gasteiger partial charge in [-0.1, -0.05) is 12.1 Å². The molecule has 8 heteroatoms. The topological polar surface area (TPSA) is 80.6 Å². The Bertz CT molecular complexity index is 1030. The van der Waals surface area contributed by atoms with Gasteiger partial charge in [-0.2, -0.15) is 0 Å². The summed E-state index contributed by atoms with van der Waals surface area (Å²) in [5.74, 6) is -1.84. The molecule has 150 valence electrons. The summed E-state index contributed by atoms with van der Waals surface area (Å²) in [4.78, 5) is 24.5. The second-order valence-corrected chi connectivity index (χ2v) is 6.19. The van der Waals surface area contributed by atoms with E-state index in [0.29, 0.717) is 17.0 Å². The van der Waals surface area contributed by atoms with Crippen molar-refractivity contribution in [3.8, 4) is 0 Å². The Morgan fingerprint density at radius 2 is 1.79 bits per heavy atom. The molecule has 0 aliphatic carbocycles. The Morgan fingerprint density at radius 1 is 1.07 bits per heavy atom. The Hall–Kier alpha value is -3.68. The average Bonchev–Trinajstić information content (AvgIpc) is 3.14. The molecule has 0 radical (unpaired) electrons. The number of amides is 1. The minimum atomic E-state index is -0.953. The van der Waals surface area contributed by atoms with Crippen LogP contribution < -0.4 is 10.6 Å². The first kappa shape index (κ1) is 20.1. The largest absolute Gasteiger partial charge is 0.469 e. The van der Waals surface area contributed by atoms with Crippen molar-refractivity contribution in [2.24, 2.45) is 0 Å². The van der Waals surface area contributed by atoms with Crippen LogP contribution in [0.1, 0.15) is 27.7 Å². The van der Waals surface area contributed by atoms with E-state index in [1.807, 2.05) is 0 Å². The van der Waals surface area contributed by atoms with E-state index < -0.39 is 29.6 Å². The van der Waals surface area contributed by atoms with Crippen LogP contribution in [-0.2, 0) is 9.53 Å². The molecule has 0 saturated carbocycles. The molecule has 1 heterocycles. The van der Waals surface area contributed by atoms with Gasteiger partial charge in [-0.25, -0.2) is 13.6 Å². The predicted octanol–water partition coefficient (Wildman–Crippen LogP) is 4.44. The molecule has 0 spiro atoms. The number of methoxy groups -OCH3 is 1. The molecule has 29 heavy (non-hydrogen) atoms. The molecule has 0 aliphatic rings. The average molecular weight is 400 g/mol. The number of hydrogen-bond acceptors (Lipinski definition) is 5. The molecular formula is C21H18F2N2O4. The molecule has 1 unspecified atom stereocenters. The van der Waals surface area contributed by atoms with Crippen molar-refractivity contribution in [2.75, 3.05) is 17.7 Å². The zero-order valence-electron chi connectivity index (χ0n) is 15.7. The van der Waals surface area contributed by atoms with Gasteiger partial charge in [0, 0.05) is 5.69 Å². The molecule has 3 rings (SSSR count). The molecule has 1 amide bonds. The van der Waals surface area contributed by atoms with Gasteiger partial charge in [0.2, 0.25) is 0 Å². The van der Waals surface area contributed by atoms with Crippen LogP contribution >= 0.6 is 0 Å². The third-order valence-electron chi connectivity index (χ3n) is 4.27. The highest BCUT2D eigenvalue weighted by atomic mass is 19.1. The second-order valence-electron chi connectivity index (χ2n) is 6.19. The van der Waals surface area contributed by atoms with Gasteiger partial charge < -0.3 is 19.8 Å². The Balaban J connectivity index is 1.85. The molecule has 0 saturated heterocycles. The van der Waals surface area contributed by atoms with E-state index in [4.69, 9.17) is 9.15 Å². The van der Waals surface area contributed by atoms with Gasteiger partial charge in [0.25, 0.3) is 5.91 Å². The molecule has 0 bridgehead atoms. The first-order valence-corrected chi connectivity index (χ1v) is 8.64. The van der Waals surface area contributed by atoms with Gasteiger partial charge in [0.15, 0.2) is 6.04 Å². The third kappa shape index (κ3) is 4.60. The van der Waals surface area contributed by atoms with E-state index in [-0.39, 0.29) is 11.3 Å². The van der Waals surface area contributed by atoms with Crippen LogP contribution in [0.5, 0.6) is 0 Å². The number of anilines is 2. The van der Waals surface area contributed by atoms with E-state index in [0.717, 1.165) is 6.07 Å². The summed E-state index contributed by atoms with van der Waals surface area (Å²) in [6.45, 7) is 1.62. The maximum absolute atomic E-state index is 14.2. The molecule has 1 aromatic heterocycles. The van der Waals surface area contributed by atoms with Crippen LogP contribution in [-0.4, -0.2) is 19.0 Å². The first-order valence-electron chi connectivity index (χ1n) is 8.64. The summed E-state index contributed by atoms with van der Waals surface area (Å²) in [6.07, 6.45) is 1.36. The number of hydrogen-bond donors (Lipinski definition) is 2. The lowest BCUT2D eigenvalue weighted by molar-refractivity contribution is -0.141. The lowest BCUT2D eigenvalue weighted by Gasteiger charge is -2.19. The molecule has 2 aromatic carbocycles. The summed E-state index contributed by atoms with van der Waals surface area (Å²) in [5, 5.41) is 5.40. The SMILES string of the molecule is COC(=O)C(Nc1ccc(F)c(NC(=O)c2ccoc2C)c1)c1ccc(F)cc1. The molecule has 1 atom stereocenters. The standard InChI is InChI=1S/C21H18F2N2O4/c1-12-16(9-10-29-12)20(26)25-18-11-15(7-8-17(18)23)24-19(21(27)28-2)13-3-5-14(22)6-4-13/h3-11,19,24H,1-2H3,(H,25,26). The van der Waals surface area contributed by atoms with Crippen molar-refractivity contribution in [3.05, 3.63) is 83.3 Å². The van der Waals surface area contributed by atoms with Crippen molar-refractivity contribution < 1.29 is 27.5 Å². The zero-order valence-corrected chi connectivity index (χ0v) is 15.7. The zero-order chi connectivity index (χ0) is 21.0. The molecule has 6 nitrogen and oxygen atoms in total. The van der Waals surface area contributed by atoms with Crippen molar-refractivity contribution >= 4 is 23.3 Å². The molecular weight excluding hydrogens is 382 g/mol. The highest BCUT2D eigenvalue weighted by molar-refractivity contribution is 6.05. The summed E-state index contributed by atoms with van der Waals surface area (Å²) in [7, 11) is 1.23. The van der Waals surface area contributed by atoms with Crippen molar-refractivity contribution in [3.63, 3.8) is 0 Å². The normalized spacial score (nSPS) is 11.6. The number of aryl methyl sites for hydroxylation is 1. The summed E-state index contributed by atoms with van der Waals surface area (Å²) in [6, 6.07) is 9.76. The highest BCUT2D eigenvalue weighted by Crippen LogP contribution is 2.26. The number of rotatable bonds is 6. The maximum Gasteiger partial charge on any atom is 0.332 e. The monoisotopic (exact) mass is 400 g/mol. The smallest absolute Gasteiger partial charge is 0.332 e. The van der Waals surface area contributed by atoms with Crippen LogP contribution in [0.4, 0.5) is 20.2 Å². The summed E-state index contributed by atoms with van der Waals surface area (Å²) < 4.78 is 37.3. The van der Waals surface area contributed by atoms with Gasteiger partial charge in [0.05, 0.1) is 24.6 Å². The molecule has 0 aliphatic heterocycles. The molecule has 3 aromatic rings. The van der Waals surface area contributed by atoms with E-state index in [9.17, 15) is 18.4 Å². The Morgan fingerprint density at radius 3 is 2.41 bits per heavy atom. The number of nitrogens with one attached hydrogen (secondary N) is 2. The van der Waals surface area contributed by atoms with Crippen LogP contribution in [0.25, 0.3) is 0 Å².